The minimum Gasteiger partial charge on any atom is -0.355 e. The molecule has 5 nitrogen and oxygen atoms in total. The summed E-state index contributed by atoms with van der Waals surface area (Å²) in [5.41, 5.74) is 4.07. The predicted octanol–water partition coefficient (Wildman–Crippen LogP) is 3.69. The highest BCUT2D eigenvalue weighted by atomic mass is 32.2. The van der Waals surface area contributed by atoms with Crippen molar-refractivity contribution in [2.45, 2.75) is 31.7 Å². The number of benzene rings is 2. The average molecular weight is 408 g/mol. The van der Waals surface area contributed by atoms with Gasteiger partial charge in [0.05, 0.1) is 11.4 Å². The number of hydrogen-bond acceptors (Lipinski definition) is 4. The Balaban J connectivity index is 1.52. The summed E-state index contributed by atoms with van der Waals surface area (Å²) in [4.78, 5) is 24.3. The van der Waals surface area contributed by atoms with Gasteiger partial charge in [-0.05, 0) is 61.6 Å². The van der Waals surface area contributed by atoms with Crippen LogP contribution in [0.2, 0.25) is 0 Å². The van der Waals surface area contributed by atoms with Gasteiger partial charge in [0.2, 0.25) is 5.91 Å². The minimum absolute atomic E-state index is 0.0335. The Labute approximate surface area is 175 Å². The second-order valence-electron chi connectivity index (χ2n) is 6.92. The van der Waals surface area contributed by atoms with E-state index < -0.39 is 0 Å². The summed E-state index contributed by atoms with van der Waals surface area (Å²) in [7, 11) is 0. The lowest BCUT2D eigenvalue weighted by Gasteiger charge is -2.09. The number of nitrogens with one attached hydrogen (secondary N) is 1. The van der Waals surface area contributed by atoms with Gasteiger partial charge < -0.3 is 5.32 Å². The molecule has 1 N–H and O–H groups in total. The highest BCUT2D eigenvalue weighted by Crippen LogP contribution is 2.16. The van der Waals surface area contributed by atoms with Gasteiger partial charge in [-0.2, -0.15) is 9.78 Å². The lowest BCUT2D eigenvalue weighted by Crippen LogP contribution is -2.26. The Morgan fingerprint density at radius 1 is 1.03 bits per heavy atom. The number of nitrogens with zero attached hydrogens (tertiary/aromatic N) is 2. The third kappa shape index (κ3) is 6.06. The van der Waals surface area contributed by atoms with Crippen molar-refractivity contribution in [3.63, 3.8) is 0 Å². The third-order valence-electron chi connectivity index (χ3n) is 4.67. The zero-order chi connectivity index (χ0) is 20.6. The maximum Gasteiger partial charge on any atom is 0.271 e. The minimum atomic E-state index is -0.192. The SMILES string of the molecule is Cc1ccc(-n2nc(SCC(=O)NCCCc3ccccc3)ccc2=O)cc1C. The van der Waals surface area contributed by atoms with Gasteiger partial charge in [0.1, 0.15) is 5.03 Å². The fraction of sp³-hybridized carbons (Fsp3) is 0.261. The van der Waals surface area contributed by atoms with Crippen molar-refractivity contribution in [3.05, 3.63) is 87.7 Å². The van der Waals surface area contributed by atoms with Crippen LogP contribution in [0.25, 0.3) is 5.69 Å². The van der Waals surface area contributed by atoms with Crippen molar-refractivity contribution in [3.8, 4) is 5.69 Å². The Kier molecular flexibility index (Phi) is 7.25. The fourth-order valence-electron chi connectivity index (χ4n) is 2.87. The number of carbonyl (C=O) groups excluding carboxylic acids is 1. The van der Waals surface area contributed by atoms with Gasteiger partial charge in [0.25, 0.3) is 5.56 Å². The molecule has 1 aromatic heterocycles. The molecule has 0 aliphatic rings. The van der Waals surface area contributed by atoms with E-state index in [4.69, 9.17) is 0 Å². The number of hydrogen-bond donors (Lipinski definition) is 1. The second-order valence-corrected chi connectivity index (χ2v) is 7.91. The Hall–Kier alpha value is -2.86. The first kappa shape index (κ1) is 20.9. The van der Waals surface area contributed by atoms with Gasteiger partial charge in [-0.25, -0.2) is 0 Å². The molecule has 0 atom stereocenters. The lowest BCUT2D eigenvalue weighted by molar-refractivity contribution is -0.118. The Bertz CT molecular complexity index is 1030. The fourth-order valence-corrected chi connectivity index (χ4v) is 3.55. The average Bonchev–Trinajstić information content (AvgIpc) is 2.73. The lowest BCUT2D eigenvalue weighted by atomic mass is 10.1. The molecule has 3 aromatic rings. The van der Waals surface area contributed by atoms with Crippen LogP contribution in [-0.4, -0.2) is 28.0 Å². The second kappa shape index (κ2) is 10.1. The van der Waals surface area contributed by atoms with Gasteiger partial charge >= 0.3 is 0 Å². The molecule has 1 amide bonds. The molecule has 29 heavy (non-hydrogen) atoms. The van der Waals surface area contributed by atoms with Crippen molar-refractivity contribution in [2.24, 2.45) is 0 Å². The van der Waals surface area contributed by atoms with Gasteiger partial charge in [0.15, 0.2) is 0 Å². The van der Waals surface area contributed by atoms with Crippen molar-refractivity contribution in [2.75, 3.05) is 12.3 Å². The molecule has 0 radical (unpaired) electrons. The van der Waals surface area contributed by atoms with E-state index in [-0.39, 0.29) is 17.2 Å². The molecule has 1 heterocycles. The number of thioether (sulfide) groups is 1. The van der Waals surface area contributed by atoms with Crippen molar-refractivity contribution in [1.82, 2.24) is 15.1 Å². The van der Waals surface area contributed by atoms with E-state index in [1.165, 1.54) is 28.1 Å². The Morgan fingerprint density at radius 3 is 2.59 bits per heavy atom. The molecular formula is C23H25N3O2S. The zero-order valence-corrected chi connectivity index (χ0v) is 17.5. The van der Waals surface area contributed by atoms with Crippen LogP contribution in [0.15, 0.2) is 70.5 Å². The van der Waals surface area contributed by atoms with Crippen LogP contribution in [0, 0.1) is 13.8 Å². The predicted molar refractivity (Wildman–Crippen MR) is 118 cm³/mol. The molecule has 0 saturated carbocycles. The van der Waals surface area contributed by atoms with E-state index in [9.17, 15) is 9.59 Å². The van der Waals surface area contributed by atoms with Crippen LogP contribution in [0.3, 0.4) is 0 Å². The van der Waals surface area contributed by atoms with Gasteiger partial charge in [-0.3, -0.25) is 9.59 Å². The highest BCUT2D eigenvalue weighted by molar-refractivity contribution is 7.99. The first-order chi connectivity index (χ1) is 14.0. The number of aryl methyl sites for hydroxylation is 3. The van der Waals surface area contributed by atoms with Crippen LogP contribution < -0.4 is 10.9 Å². The third-order valence-corrected chi connectivity index (χ3v) is 5.59. The maximum atomic E-state index is 12.2. The van der Waals surface area contributed by atoms with E-state index in [1.54, 1.807) is 6.07 Å². The Morgan fingerprint density at radius 2 is 1.83 bits per heavy atom. The standard InChI is InChI=1S/C23H25N3O2S/c1-17-10-11-20(15-18(17)2)26-23(28)13-12-22(25-26)29-16-21(27)24-14-6-9-19-7-4-3-5-8-19/h3-5,7-8,10-13,15H,6,9,14,16H2,1-2H3,(H,24,27). The van der Waals surface area contributed by atoms with E-state index in [1.807, 2.05) is 50.2 Å². The number of carbonyl (C=O) groups is 1. The molecule has 0 bridgehead atoms. The number of rotatable bonds is 8. The normalized spacial score (nSPS) is 10.7. The summed E-state index contributed by atoms with van der Waals surface area (Å²) < 4.78 is 1.38. The van der Waals surface area contributed by atoms with Gasteiger partial charge in [0, 0.05) is 12.6 Å². The molecule has 0 aliphatic heterocycles. The first-order valence-corrected chi connectivity index (χ1v) is 10.6. The quantitative estimate of drug-likeness (QED) is 0.457. The molecule has 0 unspecified atom stereocenters. The van der Waals surface area contributed by atoms with Gasteiger partial charge in [-0.15, -0.1) is 0 Å². The molecule has 0 saturated heterocycles. The van der Waals surface area contributed by atoms with Crippen LogP contribution in [0.1, 0.15) is 23.1 Å². The largest absolute Gasteiger partial charge is 0.355 e. The molecule has 2 aromatic carbocycles. The van der Waals surface area contributed by atoms with E-state index in [2.05, 4.69) is 22.5 Å². The molecule has 150 valence electrons. The van der Waals surface area contributed by atoms with Crippen molar-refractivity contribution >= 4 is 17.7 Å². The summed E-state index contributed by atoms with van der Waals surface area (Å²) in [6.07, 6.45) is 1.84. The topological polar surface area (TPSA) is 64.0 Å². The maximum absolute atomic E-state index is 12.2. The molecule has 0 fully saturated rings. The van der Waals surface area contributed by atoms with Crippen molar-refractivity contribution < 1.29 is 4.79 Å². The van der Waals surface area contributed by atoms with E-state index in [0.717, 1.165) is 29.7 Å². The smallest absolute Gasteiger partial charge is 0.271 e. The first-order valence-electron chi connectivity index (χ1n) is 9.64. The molecular weight excluding hydrogens is 382 g/mol. The summed E-state index contributed by atoms with van der Waals surface area (Å²) >= 11 is 1.32. The molecule has 6 heteroatoms. The number of amides is 1. The van der Waals surface area contributed by atoms with Gasteiger partial charge in [-0.1, -0.05) is 48.2 Å². The summed E-state index contributed by atoms with van der Waals surface area (Å²) in [6.45, 7) is 4.68. The molecule has 0 spiro atoms. The van der Waals surface area contributed by atoms with Crippen LogP contribution in [0.4, 0.5) is 0 Å². The highest BCUT2D eigenvalue weighted by Gasteiger charge is 2.08. The summed E-state index contributed by atoms with van der Waals surface area (Å²) in [5, 5.41) is 7.99. The molecule has 0 aliphatic carbocycles. The monoisotopic (exact) mass is 407 g/mol. The van der Waals surface area contributed by atoms with Crippen LogP contribution in [0.5, 0.6) is 0 Å². The van der Waals surface area contributed by atoms with Crippen molar-refractivity contribution in [1.29, 1.82) is 0 Å². The van der Waals surface area contributed by atoms with Crippen LogP contribution >= 0.6 is 11.8 Å². The summed E-state index contributed by atoms with van der Waals surface area (Å²) in [6, 6.07) is 19.2. The summed E-state index contributed by atoms with van der Waals surface area (Å²) in [5.74, 6) is 0.234. The van der Waals surface area contributed by atoms with E-state index in [0.29, 0.717) is 11.6 Å². The van der Waals surface area contributed by atoms with Crippen LogP contribution in [-0.2, 0) is 11.2 Å². The number of aromatic nitrogens is 2. The molecule has 3 rings (SSSR count). The zero-order valence-electron chi connectivity index (χ0n) is 16.7. The van der Waals surface area contributed by atoms with E-state index >= 15 is 0 Å².